The molecule has 0 aromatic carbocycles. The number of carboxylic acid groups (broad SMARTS) is 1. The van der Waals surface area contributed by atoms with Crippen molar-refractivity contribution in [1.29, 1.82) is 0 Å². The SMILES string of the molecule is COc1ccc(-c2cc(C(=O)O)[nH]n2)cn1. The lowest BCUT2D eigenvalue weighted by Gasteiger charge is -1.98. The number of ether oxygens (including phenoxy) is 1. The lowest BCUT2D eigenvalue weighted by Crippen LogP contribution is -1.95. The van der Waals surface area contributed by atoms with Crippen molar-refractivity contribution in [2.45, 2.75) is 0 Å². The summed E-state index contributed by atoms with van der Waals surface area (Å²) in [6, 6.07) is 4.89. The van der Waals surface area contributed by atoms with E-state index < -0.39 is 5.97 Å². The summed E-state index contributed by atoms with van der Waals surface area (Å²) in [6.07, 6.45) is 1.57. The Kier molecular flexibility index (Phi) is 2.55. The number of carboxylic acids is 1. The first-order chi connectivity index (χ1) is 7.70. The van der Waals surface area contributed by atoms with Crippen molar-refractivity contribution >= 4 is 5.97 Å². The van der Waals surface area contributed by atoms with E-state index >= 15 is 0 Å². The molecule has 0 aliphatic carbocycles. The van der Waals surface area contributed by atoms with Crippen LogP contribution in [0.15, 0.2) is 24.4 Å². The second-order valence-corrected chi connectivity index (χ2v) is 3.06. The lowest BCUT2D eigenvalue weighted by atomic mass is 10.2. The second-order valence-electron chi connectivity index (χ2n) is 3.06. The molecule has 0 spiro atoms. The normalized spacial score (nSPS) is 10.1. The molecule has 82 valence electrons. The molecule has 2 N–H and O–H groups in total. The maximum atomic E-state index is 10.6. The number of hydrogen-bond donors (Lipinski definition) is 2. The summed E-state index contributed by atoms with van der Waals surface area (Å²) in [5.41, 5.74) is 1.31. The van der Waals surface area contributed by atoms with Crippen LogP contribution in [-0.4, -0.2) is 33.4 Å². The predicted molar refractivity (Wildman–Crippen MR) is 55.3 cm³/mol. The quantitative estimate of drug-likeness (QED) is 0.809. The van der Waals surface area contributed by atoms with Gasteiger partial charge < -0.3 is 9.84 Å². The third-order valence-corrected chi connectivity index (χ3v) is 2.05. The van der Waals surface area contributed by atoms with Crippen LogP contribution in [0.5, 0.6) is 5.88 Å². The molecule has 0 unspecified atom stereocenters. The van der Waals surface area contributed by atoms with E-state index in [-0.39, 0.29) is 5.69 Å². The summed E-state index contributed by atoms with van der Waals surface area (Å²) < 4.78 is 4.92. The zero-order valence-corrected chi connectivity index (χ0v) is 8.47. The maximum absolute atomic E-state index is 10.6. The number of H-pyrrole nitrogens is 1. The first-order valence-corrected chi connectivity index (χ1v) is 4.50. The molecule has 2 heterocycles. The average molecular weight is 219 g/mol. The second kappa shape index (κ2) is 4.01. The lowest BCUT2D eigenvalue weighted by molar-refractivity contribution is 0.0690. The van der Waals surface area contributed by atoms with Crippen molar-refractivity contribution in [1.82, 2.24) is 15.2 Å². The fourth-order valence-corrected chi connectivity index (χ4v) is 1.23. The van der Waals surface area contributed by atoms with Crippen molar-refractivity contribution in [3.63, 3.8) is 0 Å². The van der Waals surface area contributed by atoms with Crippen molar-refractivity contribution in [2.24, 2.45) is 0 Å². The van der Waals surface area contributed by atoms with Gasteiger partial charge in [0.05, 0.1) is 12.8 Å². The molecule has 0 saturated carbocycles. The molecule has 6 heteroatoms. The molecule has 0 radical (unpaired) electrons. The van der Waals surface area contributed by atoms with Crippen LogP contribution in [-0.2, 0) is 0 Å². The molecule has 0 atom stereocenters. The third kappa shape index (κ3) is 1.85. The number of hydrogen-bond acceptors (Lipinski definition) is 4. The van der Waals surface area contributed by atoms with Gasteiger partial charge in [0, 0.05) is 17.8 Å². The standard InChI is InChI=1S/C10H9N3O3/c1-16-9-3-2-6(5-11-9)7-4-8(10(14)15)13-12-7/h2-5H,1H3,(H,12,13)(H,14,15). The number of pyridine rings is 1. The van der Waals surface area contributed by atoms with Gasteiger partial charge in [0.25, 0.3) is 0 Å². The molecule has 0 amide bonds. The number of aromatic nitrogens is 3. The summed E-state index contributed by atoms with van der Waals surface area (Å²) in [5.74, 6) is -0.544. The molecule has 16 heavy (non-hydrogen) atoms. The van der Waals surface area contributed by atoms with Gasteiger partial charge in [-0.3, -0.25) is 5.10 Å². The Morgan fingerprint density at radius 2 is 2.31 bits per heavy atom. The smallest absolute Gasteiger partial charge is 0.353 e. The van der Waals surface area contributed by atoms with Gasteiger partial charge in [0.2, 0.25) is 5.88 Å². The van der Waals surface area contributed by atoms with Gasteiger partial charge in [-0.2, -0.15) is 5.10 Å². The van der Waals surface area contributed by atoms with Crippen LogP contribution in [0.2, 0.25) is 0 Å². The molecule has 0 aliphatic rings. The predicted octanol–water partition coefficient (Wildman–Crippen LogP) is 1.18. The van der Waals surface area contributed by atoms with E-state index in [1.807, 2.05) is 0 Å². The number of aromatic carboxylic acids is 1. The van der Waals surface area contributed by atoms with E-state index in [1.165, 1.54) is 13.2 Å². The van der Waals surface area contributed by atoms with Gasteiger partial charge in [-0.05, 0) is 12.1 Å². The highest BCUT2D eigenvalue weighted by Gasteiger charge is 2.09. The third-order valence-electron chi connectivity index (χ3n) is 2.05. The number of aromatic amines is 1. The van der Waals surface area contributed by atoms with E-state index in [4.69, 9.17) is 9.84 Å². The molecule has 2 aromatic heterocycles. The molecule has 0 saturated heterocycles. The van der Waals surface area contributed by atoms with Crippen LogP contribution in [0.25, 0.3) is 11.3 Å². The van der Waals surface area contributed by atoms with Crippen LogP contribution in [0.1, 0.15) is 10.5 Å². The molecule has 0 fully saturated rings. The van der Waals surface area contributed by atoms with Crippen LogP contribution in [0, 0.1) is 0 Å². The average Bonchev–Trinajstić information content (AvgIpc) is 2.78. The molecule has 2 aromatic rings. The van der Waals surface area contributed by atoms with Crippen LogP contribution in [0.3, 0.4) is 0 Å². The van der Waals surface area contributed by atoms with E-state index in [2.05, 4.69) is 15.2 Å². The van der Waals surface area contributed by atoms with Gasteiger partial charge in [0.1, 0.15) is 5.69 Å². The van der Waals surface area contributed by atoms with E-state index in [0.717, 1.165) is 5.56 Å². The van der Waals surface area contributed by atoms with E-state index in [1.54, 1.807) is 18.3 Å². The number of nitrogens with zero attached hydrogens (tertiary/aromatic N) is 2. The fourth-order valence-electron chi connectivity index (χ4n) is 1.23. The van der Waals surface area contributed by atoms with Gasteiger partial charge >= 0.3 is 5.97 Å². The van der Waals surface area contributed by atoms with Crippen LogP contribution >= 0.6 is 0 Å². The minimum Gasteiger partial charge on any atom is -0.481 e. The Labute approximate surface area is 90.9 Å². The first kappa shape index (κ1) is 10.2. The highest BCUT2D eigenvalue weighted by atomic mass is 16.5. The summed E-state index contributed by atoms with van der Waals surface area (Å²) in [6.45, 7) is 0. The van der Waals surface area contributed by atoms with Gasteiger partial charge in [-0.1, -0.05) is 0 Å². The molecule has 0 bridgehead atoms. The summed E-state index contributed by atoms with van der Waals surface area (Å²) >= 11 is 0. The van der Waals surface area contributed by atoms with Crippen LogP contribution < -0.4 is 4.74 Å². The topological polar surface area (TPSA) is 88.1 Å². The number of methoxy groups -OCH3 is 1. The maximum Gasteiger partial charge on any atom is 0.353 e. The van der Waals surface area contributed by atoms with E-state index in [9.17, 15) is 4.79 Å². The minimum atomic E-state index is -1.04. The van der Waals surface area contributed by atoms with Crippen LogP contribution in [0.4, 0.5) is 0 Å². The Morgan fingerprint density at radius 3 is 2.81 bits per heavy atom. The number of nitrogens with one attached hydrogen (secondary N) is 1. The Morgan fingerprint density at radius 1 is 1.50 bits per heavy atom. The van der Waals surface area contributed by atoms with Crippen molar-refractivity contribution < 1.29 is 14.6 Å². The molecule has 2 rings (SSSR count). The molecule has 0 aliphatic heterocycles. The highest BCUT2D eigenvalue weighted by Crippen LogP contribution is 2.18. The Balaban J connectivity index is 2.31. The Hall–Kier alpha value is -2.37. The van der Waals surface area contributed by atoms with Crippen molar-refractivity contribution in [3.8, 4) is 17.1 Å². The van der Waals surface area contributed by atoms with Gasteiger partial charge in [-0.25, -0.2) is 9.78 Å². The van der Waals surface area contributed by atoms with Crippen molar-refractivity contribution in [2.75, 3.05) is 7.11 Å². The zero-order valence-electron chi connectivity index (χ0n) is 8.47. The number of carbonyl (C=O) groups is 1. The molecule has 6 nitrogen and oxygen atoms in total. The minimum absolute atomic E-state index is 0.0471. The fraction of sp³-hybridized carbons (Fsp3) is 0.100. The first-order valence-electron chi connectivity index (χ1n) is 4.50. The van der Waals surface area contributed by atoms with Gasteiger partial charge in [0.15, 0.2) is 0 Å². The van der Waals surface area contributed by atoms with E-state index in [0.29, 0.717) is 11.6 Å². The molecular formula is C10H9N3O3. The van der Waals surface area contributed by atoms with Crippen molar-refractivity contribution in [3.05, 3.63) is 30.1 Å². The largest absolute Gasteiger partial charge is 0.481 e. The summed E-state index contributed by atoms with van der Waals surface area (Å²) in [4.78, 5) is 14.6. The monoisotopic (exact) mass is 219 g/mol. The summed E-state index contributed by atoms with van der Waals surface area (Å²) in [7, 11) is 1.53. The number of rotatable bonds is 3. The zero-order chi connectivity index (χ0) is 11.5. The highest BCUT2D eigenvalue weighted by molar-refractivity contribution is 5.86. The molecular weight excluding hydrogens is 210 g/mol. The summed E-state index contributed by atoms with van der Waals surface area (Å²) in [5, 5.41) is 15.0. The Bertz CT molecular complexity index is 504. The van der Waals surface area contributed by atoms with Gasteiger partial charge in [-0.15, -0.1) is 0 Å².